The van der Waals surface area contributed by atoms with Crippen molar-refractivity contribution in [2.45, 2.75) is 40.2 Å². The molecule has 5 nitrogen and oxygen atoms in total. The molecular formula is C19H29N3O2. The fourth-order valence-electron chi connectivity index (χ4n) is 3.22. The summed E-state index contributed by atoms with van der Waals surface area (Å²) in [5.74, 6) is 0.770. The van der Waals surface area contributed by atoms with E-state index in [1.165, 1.54) is 4.90 Å². The molecule has 1 atom stereocenters. The molecule has 24 heavy (non-hydrogen) atoms. The van der Waals surface area contributed by atoms with Gasteiger partial charge in [-0.25, -0.2) is 9.69 Å². The number of nitrogens with zero attached hydrogens (tertiary/aromatic N) is 2. The Hall–Kier alpha value is -1.88. The molecule has 1 fully saturated rings. The minimum absolute atomic E-state index is 0.184. The van der Waals surface area contributed by atoms with Gasteiger partial charge in [0.1, 0.15) is 5.54 Å². The van der Waals surface area contributed by atoms with E-state index in [-0.39, 0.29) is 11.9 Å². The fraction of sp³-hybridized carbons (Fsp3) is 0.579. The number of nitrogens with one attached hydrogen (secondary N) is 1. The zero-order valence-electron chi connectivity index (χ0n) is 15.4. The highest BCUT2D eigenvalue weighted by atomic mass is 16.2. The van der Waals surface area contributed by atoms with Crippen LogP contribution in [0.2, 0.25) is 0 Å². The Kier molecular flexibility index (Phi) is 5.65. The minimum Gasteiger partial charge on any atom is -0.319 e. The molecule has 0 spiro atoms. The lowest BCUT2D eigenvalue weighted by Gasteiger charge is -2.29. The average Bonchev–Trinajstić information content (AvgIpc) is 2.71. The molecule has 1 aliphatic heterocycles. The molecule has 0 bridgehead atoms. The van der Waals surface area contributed by atoms with E-state index in [0.29, 0.717) is 18.5 Å². The Balaban J connectivity index is 2.18. The highest BCUT2D eigenvalue weighted by Gasteiger charge is 2.49. The predicted molar refractivity (Wildman–Crippen MR) is 95.3 cm³/mol. The van der Waals surface area contributed by atoms with Crippen LogP contribution in [0.15, 0.2) is 30.3 Å². The van der Waals surface area contributed by atoms with Gasteiger partial charge in [0.05, 0.1) is 6.67 Å². The summed E-state index contributed by atoms with van der Waals surface area (Å²) in [6.45, 7) is 12.4. The first-order chi connectivity index (χ1) is 11.2. The van der Waals surface area contributed by atoms with Gasteiger partial charge in [-0.3, -0.25) is 9.69 Å². The lowest BCUT2D eigenvalue weighted by molar-refractivity contribution is -0.132. The van der Waals surface area contributed by atoms with Gasteiger partial charge >= 0.3 is 6.03 Å². The first-order valence-electron chi connectivity index (χ1n) is 8.66. The topological polar surface area (TPSA) is 52.6 Å². The molecule has 0 saturated carbocycles. The molecule has 1 aromatic rings. The second kappa shape index (κ2) is 7.34. The molecule has 1 aliphatic rings. The second-order valence-electron chi connectivity index (χ2n) is 7.62. The predicted octanol–water partition coefficient (Wildman–Crippen LogP) is 3.03. The number of imide groups is 1. The summed E-state index contributed by atoms with van der Waals surface area (Å²) in [5, 5.41) is 2.87. The molecule has 132 valence electrons. The summed E-state index contributed by atoms with van der Waals surface area (Å²) in [6.07, 6.45) is 0. The molecular weight excluding hydrogens is 302 g/mol. The SMILES string of the molecule is CC(C)CN(CC(C)C)CN1C(=O)NC(C)(c2ccccc2)C1=O. The molecule has 1 aromatic carbocycles. The molecule has 2 rings (SSSR count). The summed E-state index contributed by atoms with van der Waals surface area (Å²) in [6, 6.07) is 9.10. The van der Waals surface area contributed by atoms with Gasteiger partial charge in [-0.05, 0) is 24.3 Å². The third-order valence-corrected chi connectivity index (χ3v) is 4.21. The van der Waals surface area contributed by atoms with E-state index in [4.69, 9.17) is 0 Å². The number of rotatable bonds is 7. The number of benzene rings is 1. The second-order valence-corrected chi connectivity index (χ2v) is 7.62. The van der Waals surface area contributed by atoms with Gasteiger partial charge in [0.25, 0.3) is 5.91 Å². The van der Waals surface area contributed by atoms with Gasteiger partial charge in [-0.1, -0.05) is 58.0 Å². The maximum Gasteiger partial charge on any atom is 0.326 e. The van der Waals surface area contributed by atoms with Gasteiger partial charge in [-0.15, -0.1) is 0 Å². The van der Waals surface area contributed by atoms with Crippen molar-refractivity contribution in [3.8, 4) is 0 Å². The van der Waals surface area contributed by atoms with E-state index in [0.717, 1.165) is 18.7 Å². The quantitative estimate of drug-likeness (QED) is 0.781. The summed E-state index contributed by atoms with van der Waals surface area (Å²) in [5.41, 5.74) is -0.176. The summed E-state index contributed by atoms with van der Waals surface area (Å²) < 4.78 is 0. The molecule has 1 heterocycles. The highest BCUT2D eigenvalue weighted by Crippen LogP contribution is 2.28. The van der Waals surface area contributed by atoms with Crippen molar-refractivity contribution in [3.05, 3.63) is 35.9 Å². The van der Waals surface area contributed by atoms with Gasteiger partial charge in [0.2, 0.25) is 0 Å². The fourth-order valence-corrected chi connectivity index (χ4v) is 3.22. The molecule has 0 aliphatic carbocycles. The van der Waals surface area contributed by atoms with Gasteiger partial charge in [0.15, 0.2) is 0 Å². The van der Waals surface area contributed by atoms with Gasteiger partial charge in [-0.2, -0.15) is 0 Å². The Morgan fingerprint density at radius 1 is 1.04 bits per heavy atom. The van der Waals surface area contributed by atoms with Crippen molar-refractivity contribution in [1.82, 2.24) is 15.1 Å². The highest BCUT2D eigenvalue weighted by molar-refractivity contribution is 6.07. The largest absolute Gasteiger partial charge is 0.326 e. The van der Waals surface area contributed by atoms with Crippen molar-refractivity contribution in [1.29, 1.82) is 0 Å². The van der Waals surface area contributed by atoms with Crippen LogP contribution in [0.3, 0.4) is 0 Å². The number of urea groups is 1. The van der Waals surface area contributed by atoms with Crippen LogP contribution in [-0.2, 0) is 10.3 Å². The van der Waals surface area contributed by atoms with Crippen LogP contribution >= 0.6 is 0 Å². The molecule has 0 aromatic heterocycles. The van der Waals surface area contributed by atoms with Gasteiger partial charge < -0.3 is 5.32 Å². The van der Waals surface area contributed by atoms with E-state index in [2.05, 4.69) is 37.9 Å². The molecule has 3 amide bonds. The van der Waals surface area contributed by atoms with Crippen LogP contribution in [0.5, 0.6) is 0 Å². The Morgan fingerprint density at radius 3 is 2.08 bits per heavy atom. The van der Waals surface area contributed by atoms with Crippen LogP contribution in [0.4, 0.5) is 4.79 Å². The Bertz CT molecular complexity index is 576. The summed E-state index contributed by atoms with van der Waals surface area (Å²) in [7, 11) is 0. The molecule has 1 N–H and O–H groups in total. The maximum atomic E-state index is 13.0. The molecule has 0 radical (unpaired) electrons. The Labute approximate surface area is 145 Å². The van der Waals surface area contributed by atoms with Crippen molar-refractivity contribution < 1.29 is 9.59 Å². The van der Waals surface area contributed by atoms with Crippen LogP contribution < -0.4 is 5.32 Å². The number of carbonyl (C=O) groups excluding carboxylic acids is 2. The minimum atomic E-state index is -0.986. The maximum absolute atomic E-state index is 13.0. The molecule has 1 unspecified atom stereocenters. The summed E-state index contributed by atoms with van der Waals surface area (Å²) >= 11 is 0. The zero-order valence-corrected chi connectivity index (χ0v) is 15.4. The van der Waals surface area contributed by atoms with Crippen LogP contribution in [-0.4, -0.2) is 41.5 Å². The number of hydrogen-bond donors (Lipinski definition) is 1. The number of amides is 3. The monoisotopic (exact) mass is 331 g/mol. The summed E-state index contributed by atoms with van der Waals surface area (Å²) in [4.78, 5) is 28.9. The van der Waals surface area contributed by atoms with E-state index < -0.39 is 5.54 Å². The standard InChI is InChI=1S/C19H29N3O2/c1-14(2)11-21(12-15(3)4)13-22-17(23)19(5,20-18(22)24)16-9-7-6-8-10-16/h6-10,14-15H,11-13H2,1-5H3,(H,20,24). The van der Waals surface area contributed by atoms with Crippen molar-refractivity contribution >= 4 is 11.9 Å². The Morgan fingerprint density at radius 2 is 1.58 bits per heavy atom. The third kappa shape index (κ3) is 3.96. The van der Waals surface area contributed by atoms with Gasteiger partial charge in [0, 0.05) is 13.1 Å². The number of hydrogen-bond acceptors (Lipinski definition) is 3. The van der Waals surface area contributed by atoms with E-state index in [1.807, 2.05) is 30.3 Å². The number of carbonyl (C=O) groups is 2. The lowest BCUT2D eigenvalue weighted by Crippen LogP contribution is -2.45. The van der Waals surface area contributed by atoms with E-state index in [9.17, 15) is 9.59 Å². The van der Waals surface area contributed by atoms with E-state index >= 15 is 0 Å². The van der Waals surface area contributed by atoms with Crippen molar-refractivity contribution in [2.75, 3.05) is 19.8 Å². The van der Waals surface area contributed by atoms with Crippen LogP contribution in [0, 0.1) is 11.8 Å². The van der Waals surface area contributed by atoms with Crippen LogP contribution in [0.1, 0.15) is 40.2 Å². The first-order valence-corrected chi connectivity index (χ1v) is 8.66. The first kappa shape index (κ1) is 18.5. The third-order valence-electron chi connectivity index (χ3n) is 4.21. The van der Waals surface area contributed by atoms with E-state index in [1.54, 1.807) is 6.92 Å². The average molecular weight is 331 g/mol. The molecule has 1 saturated heterocycles. The zero-order chi connectivity index (χ0) is 17.9. The lowest BCUT2D eigenvalue weighted by atomic mass is 9.92. The van der Waals surface area contributed by atoms with Crippen LogP contribution in [0.25, 0.3) is 0 Å². The normalized spacial score (nSPS) is 21.2. The van der Waals surface area contributed by atoms with Crippen molar-refractivity contribution in [2.24, 2.45) is 11.8 Å². The van der Waals surface area contributed by atoms with Crippen molar-refractivity contribution in [3.63, 3.8) is 0 Å². The molecule has 5 heteroatoms. The smallest absolute Gasteiger partial charge is 0.319 e.